The molecule has 1 saturated carbocycles. The minimum atomic E-state index is 0.206. The second-order valence-corrected chi connectivity index (χ2v) is 3.90. The normalized spacial score (nSPS) is 14.9. The molecule has 0 amide bonds. The van der Waals surface area contributed by atoms with E-state index < -0.39 is 0 Å². The van der Waals surface area contributed by atoms with Crippen LogP contribution >= 0.6 is 0 Å². The quantitative estimate of drug-likeness (QED) is 0.755. The van der Waals surface area contributed by atoms with Crippen molar-refractivity contribution < 1.29 is 0 Å². The number of hydrogen-bond acceptors (Lipinski definition) is 4. The molecule has 0 aliphatic heterocycles. The highest BCUT2D eigenvalue weighted by Gasteiger charge is 2.25. The molecule has 0 atom stereocenters. The molecule has 2 heterocycles. The van der Waals surface area contributed by atoms with Crippen LogP contribution in [-0.2, 0) is 6.54 Å². The SMILES string of the molecule is N#Cc1ncn(Cc2cncn2C2CC2)n1. The van der Waals surface area contributed by atoms with E-state index in [4.69, 9.17) is 5.26 Å². The summed E-state index contributed by atoms with van der Waals surface area (Å²) in [6.45, 7) is 0.616. The van der Waals surface area contributed by atoms with Crippen LogP contribution in [0, 0.1) is 11.3 Å². The first-order valence-corrected chi connectivity index (χ1v) is 5.17. The maximum absolute atomic E-state index is 8.62. The van der Waals surface area contributed by atoms with E-state index in [1.165, 1.54) is 12.8 Å². The van der Waals surface area contributed by atoms with Gasteiger partial charge in [-0.15, -0.1) is 5.10 Å². The zero-order valence-corrected chi connectivity index (χ0v) is 8.61. The maximum Gasteiger partial charge on any atom is 0.252 e. The molecule has 1 fully saturated rings. The van der Waals surface area contributed by atoms with E-state index >= 15 is 0 Å². The van der Waals surface area contributed by atoms with Crippen molar-refractivity contribution in [1.82, 2.24) is 24.3 Å². The first-order chi connectivity index (χ1) is 7.86. The molecule has 16 heavy (non-hydrogen) atoms. The highest BCUT2D eigenvalue weighted by Crippen LogP contribution is 2.35. The second kappa shape index (κ2) is 3.45. The van der Waals surface area contributed by atoms with Crippen molar-refractivity contribution in [3.05, 3.63) is 30.4 Å². The van der Waals surface area contributed by atoms with Crippen LogP contribution in [0.25, 0.3) is 0 Å². The summed E-state index contributed by atoms with van der Waals surface area (Å²) in [6, 6.07) is 2.52. The van der Waals surface area contributed by atoms with Gasteiger partial charge in [-0.25, -0.2) is 14.6 Å². The third kappa shape index (κ3) is 1.56. The van der Waals surface area contributed by atoms with E-state index in [1.807, 2.05) is 18.6 Å². The van der Waals surface area contributed by atoms with Crippen molar-refractivity contribution in [1.29, 1.82) is 5.26 Å². The Morgan fingerprint density at radius 2 is 2.31 bits per heavy atom. The minimum Gasteiger partial charge on any atom is -0.330 e. The number of nitriles is 1. The lowest BCUT2D eigenvalue weighted by Crippen LogP contribution is -2.06. The monoisotopic (exact) mass is 214 g/mol. The summed E-state index contributed by atoms with van der Waals surface area (Å²) in [5, 5.41) is 12.7. The molecule has 0 spiro atoms. The Labute approximate surface area is 92.2 Å². The van der Waals surface area contributed by atoms with E-state index in [9.17, 15) is 0 Å². The van der Waals surface area contributed by atoms with Gasteiger partial charge in [0.2, 0.25) is 0 Å². The zero-order valence-electron chi connectivity index (χ0n) is 8.61. The Morgan fingerprint density at radius 1 is 1.44 bits per heavy atom. The summed E-state index contributed by atoms with van der Waals surface area (Å²) < 4.78 is 3.84. The molecular formula is C10H10N6. The van der Waals surface area contributed by atoms with E-state index in [0.717, 1.165) is 5.69 Å². The molecule has 0 N–H and O–H groups in total. The van der Waals surface area contributed by atoms with Crippen LogP contribution in [0.4, 0.5) is 0 Å². The average molecular weight is 214 g/mol. The standard InChI is InChI=1S/C10H10N6/c11-3-10-13-7-15(14-10)5-9-4-12-6-16(9)8-1-2-8/h4,6-8H,1-2,5H2. The maximum atomic E-state index is 8.62. The van der Waals surface area contributed by atoms with Gasteiger partial charge in [-0.2, -0.15) is 5.26 Å². The molecule has 1 aliphatic rings. The van der Waals surface area contributed by atoms with Crippen molar-refractivity contribution in [2.24, 2.45) is 0 Å². The Kier molecular flexibility index (Phi) is 1.96. The van der Waals surface area contributed by atoms with Crippen molar-refractivity contribution in [3.8, 4) is 6.07 Å². The summed E-state index contributed by atoms with van der Waals surface area (Å²) >= 11 is 0. The molecule has 0 unspecified atom stereocenters. The van der Waals surface area contributed by atoms with Crippen molar-refractivity contribution >= 4 is 0 Å². The highest BCUT2D eigenvalue weighted by molar-refractivity contribution is 5.07. The lowest BCUT2D eigenvalue weighted by atomic mass is 10.4. The van der Waals surface area contributed by atoms with Gasteiger partial charge >= 0.3 is 0 Å². The van der Waals surface area contributed by atoms with Crippen LogP contribution in [0.3, 0.4) is 0 Å². The predicted octanol–water partition coefficient (Wildman–Crippen LogP) is 0.729. The fourth-order valence-electron chi connectivity index (χ4n) is 1.72. The van der Waals surface area contributed by atoms with Gasteiger partial charge in [0, 0.05) is 6.04 Å². The molecule has 0 radical (unpaired) electrons. The lowest BCUT2D eigenvalue weighted by molar-refractivity contribution is 0.613. The van der Waals surface area contributed by atoms with E-state index in [-0.39, 0.29) is 5.82 Å². The number of rotatable bonds is 3. The van der Waals surface area contributed by atoms with Crippen LogP contribution in [0.2, 0.25) is 0 Å². The third-order valence-electron chi connectivity index (χ3n) is 2.65. The molecule has 6 nitrogen and oxygen atoms in total. The molecule has 2 aromatic heterocycles. The largest absolute Gasteiger partial charge is 0.330 e. The van der Waals surface area contributed by atoms with Crippen LogP contribution in [-0.4, -0.2) is 24.3 Å². The van der Waals surface area contributed by atoms with Gasteiger partial charge in [0.25, 0.3) is 5.82 Å². The summed E-state index contributed by atoms with van der Waals surface area (Å²) in [4.78, 5) is 8.01. The van der Waals surface area contributed by atoms with Gasteiger partial charge in [0.15, 0.2) is 0 Å². The predicted molar refractivity (Wildman–Crippen MR) is 54.3 cm³/mol. The van der Waals surface area contributed by atoms with Crippen LogP contribution in [0.1, 0.15) is 30.4 Å². The molecule has 80 valence electrons. The van der Waals surface area contributed by atoms with Crippen LogP contribution in [0.15, 0.2) is 18.9 Å². The lowest BCUT2D eigenvalue weighted by Gasteiger charge is -2.05. The van der Waals surface area contributed by atoms with Gasteiger partial charge < -0.3 is 4.57 Å². The van der Waals surface area contributed by atoms with Gasteiger partial charge in [0.1, 0.15) is 12.4 Å². The van der Waals surface area contributed by atoms with Crippen molar-refractivity contribution in [2.75, 3.05) is 0 Å². The van der Waals surface area contributed by atoms with Gasteiger partial charge in [-0.1, -0.05) is 0 Å². The topological polar surface area (TPSA) is 72.3 Å². The number of nitrogens with zero attached hydrogens (tertiary/aromatic N) is 6. The Bertz CT molecular complexity index is 542. The molecular weight excluding hydrogens is 204 g/mol. The fraction of sp³-hybridized carbons (Fsp3) is 0.400. The van der Waals surface area contributed by atoms with E-state index in [2.05, 4.69) is 19.6 Å². The van der Waals surface area contributed by atoms with Gasteiger partial charge in [0.05, 0.1) is 24.8 Å². The molecule has 6 heteroatoms. The summed E-state index contributed by atoms with van der Waals surface area (Å²) in [5.41, 5.74) is 1.11. The molecule has 1 aliphatic carbocycles. The molecule has 2 aromatic rings. The first-order valence-electron chi connectivity index (χ1n) is 5.17. The molecule has 0 bridgehead atoms. The Morgan fingerprint density at radius 3 is 3.00 bits per heavy atom. The van der Waals surface area contributed by atoms with Gasteiger partial charge in [-0.3, -0.25) is 0 Å². The summed E-state index contributed by atoms with van der Waals surface area (Å²) in [5.74, 6) is 0.206. The number of imidazole rings is 1. The number of hydrogen-bond donors (Lipinski definition) is 0. The first kappa shape index (κ1) is 9.09. The van der Waals surface area contributed by atoms with E-state index in [1.54, 1.807) is 11.0 Å². The number of aromatic nitrogens is 5. The molecule has 0 saturated heterocycles. The fourth-order valence-corrected chi connectivity index (χ4v) is 1.72. The Balaban J connectivity index is 1.83. The Hall–Kier alpha value is -2.16. The average Bonchev–Trinajstić information content (AvgIpc) is 2.88. The summed E-state index contributed by atoms with van der Waals surface area (Å²) in [7, 11) is 0. The van der Waals surface area contributed by atoms with Crippen LogP contribution in [0.5, 0.6) is 0 Å². The van der Waals surface area contributed by atoms with Gasteiger partial charge in [-0.05, 0) is 12.8 Å². The third-order valence-corrected chi connectivity index (χ3v) is 2.65. The zero-order chi connectivity index (χ0) is 11.0. The minimum absolute atomic E-state index is 0.206. The molecule has 0 aromatic carbocycles. The smallest absolute Gasteiger partial charge is 0.252 e. The highest BCUT2D eigenvalue weighted by atomic mass is 15.3. The van der Waals surface area contributed by atoms with Crippen molar-refractivity contribution in [2.45, 2.75) is 25.4 Å². The second-order valence-electron chi connectivity index (χ2n) is 3.90. The van der Waals surface area contributed by atoms with Crippen LogP contribution < -0.4 is 0 Å². The summed E-state index contributed by atoms with van der Waals surface area (Å²) in [6.07, 6.45) is 7.72. The van der Waals surface area contributed by atoms with E-state index in [0.29, 0.717) is 12.6 Å². The van der Waals surface area contributed by atoms with Crippen molar-refractivity contribution in [3.63, 3.8) is 0 Å². The molecule has 3 rings (SSSR count).